The normalized spacial score (nSPS) is 10.3. The van der Waals surface area contributed by atoms with Crippen molar-refractivity contribution >= 4 is 17.5 Å². The molecule has 0 saturated heterocycles. The average Bonchev–Trinajstić information content (AvgIpc) is 2.41. The molecule has 0 saturated carbocycles. The van der Waals surface area contributed by atoms with Gasteiger partial charge in [0.15, 0.2) is 0 Å². The highest BCUT2D eigenvalue weighted by atomic mass is 35.5. The van der Waals surface area contributed by atoms with Crippen LogP contribution in [-0.4, -0.2) is 33.2 Å². The first-order valence-corrected chi connectivity index (χ1v) is 6.62. The van der Waals surface area contributed by atoms with Gasteiger partial charge in [-0.05, 0) is 42.6 Å². The molecule has 1 aromatic heterocycles. The summed E-state index contributed by atoms with van der Waals surface area (Å²) in [6.45, 7) is 2.73. The Hall–Kier alpha value is -1.92. The largest absolute Gasteiger partial charge is 0.424 e. The van der Waals surface area contributed by atoms with Crippen molar-refractivity contribution in [3.05, 3.63) is 35.1 Å². The molecule has 0 aliphatic carbocycles. The number of aromatic nitrogens is 3. The molecule has 0 atom stereocenters. The third kappa shape index (κ3) is 4.04. The Morgan fingerprint density at radius 2 is 1.95 bits per heavy atom. The van der Waals surface area contributed by atoms with Crippen molar-refractivity contribution in [1.29, 1.82) is 0 Å². The van der Waals surface area contributed by atoms with Crippen LogP contribution in [0.5, 0.6) is 11.8 Å². The van der Waals surface area contributed by atoms with Gasteiger partial charge in [0.05, 0.1) is 0 Å². The smallest absolute Gasteiger partial charge is 0.328 e. The molecule has 0 amide bonds. The minimum absolute atomic E-state index is 0.0721. The minimum atomic E-state index is 0.0721. The van der Waals surface area contributed by atoms with Crippen molar-refractivity contribution in [3.8, 4) is 11.8 Å². The van der Waals surface area contributed by atoms with E-state index in [1.165, 1.54) is 0 Å². The zero-order valence-electron chi connectivity index (χ0n) is 11.0. The number of ether oxygens (including phenoxy) is 1. The molecule has 0 unspecified atom stereocenters. The van der Waals surface area contributed by atoms with Gasteiger partial charge < -0.3 is 15.2 Å². The fourth-order valence-corrected chi connectivity index (χ4v) is 1.73. The van der Waals surface area contributed by atoms with E-state index in [9.17, 15) is 0 Å². The van der Waals surface area contributed by atoms with Gasteiger partial charge >= 0.3 is 6.01 Å². The molecule has 1 heterocycles. The number of hydrogen-bond donors (Lipinski definition) is 2. The van der Waals surface area contributed by atoms with Crippen molar-refractivity contribution in [2.75, 3.05) is 18.5 Å². The van der Waals surface area contributed by atoms with E-state index in [4.69, 9.17) is 21.4 Å². The highest BCUT2D eigenvalue weighted by Gasteiger charge is 2.06. The molecule has 2 N–H and O–H groups in total. The number of nitrogens with zero attached hydrogens (tertiary/aromatic N) is 3. The summed E-state index contributed by atoms with van der Waals surface area (Å²) in [5.74, 6) is 0.968. The Balaban J connectivity index is 2.12. The molecular weight excluding hydrogens is 280 g/mol. The van der Waals surface area contributed by atoms with Crippen molar-refractivity contribution in [2.24, 2.45) is 0 Å². The second kappa shape index (κ2) is 7.02. The zero-order valence-corrected chi connectivity index (χ0v) is 11.8. The van der Waals surface area contributed by atoms with Crippen molar-refractivity contribution in [2.45, 2.75) is 13.3 Å². The average molecular weight is 295 g/mol. The Labute approximate surface area is 121 Å². The molecule has 0 fully saturated rings. The molecule has 6 nitrogen and oxygen atoms in total. The van der Waals surface area contributed by atoms with Crippen molar-refractivity contribution in [3.63, 3.8) is 0 Å². The summed E-state index contributed by atoms with van der Waals surface area (Å²) < 4.78 is 5.53. The standard InChI is InChI=1S/C13H15ClN4O2/c1-2-15-12-16-11(14)17-13(18-12)20-10-5-3-9(4-6-10)7-8-19/h3-6,19H,2,7-8H2,1H3,(H,15,16,17,18). The summed E-state index contributed by atoms with van der Waals surface area (Å²) in [6, 6.07) is 7.46. The lowest BCUT2D eigenvalue weighted by Crippen LogP contribution is -2.04. The molecule has 0 spiro atoms. The molecular formula is C13H15ClN4O2. The maximum absolute atomic E-state index is 8.86. The van der Waals surface area contributed by atoms with Gasteiger partial charge in [-0.2, -0.15) is 15.0 Å². The van der Waals surface area contributed by atoms with Gasteiger partial charge in [-0.25, -0.2) is 0 Å². The van der Waals surface area contributed by atoms with E-state index in [-0.39, 0.29) is 17.9 Å². The first-order valence-electron chi connectivity index (χ1n) is 6.24. The first kappa shape index (κ1) is 14.5. The van der Waals surface area contributed by atoms with Crippen LogP contribution in [0.2, 0.25) is 5.28 Å². The van der Waals surface area contributed by atoms with Gasteiger partial charge in [0.25, 0.3) is 0 Å². The Morgan fingerprint density at radius 1 is 1.20 bits per heavy atom. The Bertz CT molecular complexity index is 563. The van der Waals surface area contributed by atoms with E-state index in [2.05, 4.69) is 20.3 Å². The van der Waals surface area contributed by atoms with Gasteiger partial charge in [-0.3, -0.25) is 0 Å². The number of nitrogens with one attached hydrogen (secondary N) is 1. The molecule has 2 aromatic rings. The van der Waals surface area contributed by atoms with Gasteiger partial charge in [0, 0.05) is 13.2 Å². The fourth-order valence-electron chi connectivity index (χ4n) is 1.57. The highest BCUT2D eigenvalue weighted by Crippen LogP contribution is 2.20. The number of rotatable bonds is 6. The number of benzene rings is 1. The maximum Gasteiger partial charge on any atom is 0.328 e. The van der Waals surface area contributed by atoms with E-state index < -0.39 is 0 Å². The number of halogens is 1. The van der Waals surface area contributed by atoms with E-state index >= 15 is 0 Å². The molecule has 1 aromatic carbocycles. The number of hydrogen-bond acceptors (Lipinski definition) is 6. The van der Waals surface area contributed by atoms with Crippen LogP contribution in [0.25, 0.3) is 0 Å². The molecule has 20 heavy (non-hydrogen) atoms. The van der Waals surface area contributed by atoms with Gasteiger partial charge in [-0.15, -0.1) is 0 Å². The lowest BCUT2D eigenvalue weighted by atomic mass is 10.1. The Kier molecular flexibility index (Phi) is 5.09. The van der Waals surface area contributed by atoms with Crippen LogP contribution < -0.4 is 10.1 Å². The van der Waals surface area contributed by atoms with Crippen LogP contribution in [-0.2, 0) is 6.42 Å². The minimum Gasteiger partial charge on any atom is -0.424 e. The lowest BCUT2D eigenvalue weighted by Gasteiger charge is -2.07. The van der Waals surface area contributed by atoms with Crippen LogP contribution in [0, 0.1) is 0 Å². The van der Waals surface area contributed by atoms with Gasteiger partial charge in [0.2, 0.25) is 11.2 Å². The van der Waals surface area contributed by atoms with E-state index in [0.717, 1.165) is 5.56 Å². The third-order valence-electron chi connectivity index (χ3n) is 2.46. The first-order chi connectivity index (χ1) is 9.71. The molecule has 0 aliphatic rings. The molecule has 0 aliphatic heterocycles. The molecule has 7 heteroatoms. The van der Waals surface area contributed by atoms with Crippen LogP contribution in [0.3, 0.4) is 0 Å². The summed E-state index contributed by atoms with van der Waals surface area (Å²) in [7, 11) is 0. The Morgan fingerprint density at radius 3 is 2.60 bits per heavy atom. The van der Waals surface area contributed by atoms with Crippen LogP contribution >= 0.6 is 11.6 Å². The monoisotopic (exact) mass is 294 g/mol. The SMILES string of the molecule is CCNc1nc(Cl)nc(Oc2ccc(CCO)cc2)n1. The molecule has 2 rings (SSSR count). The van der Waals surface area contributed by atoms with Crippen LogP contribution in [0.1, 0.15) is 12.5 Å². The summed E-state index contributed by atoms with van der Waals surface area (Å²) in [5.41, 5.74) is 1.03. The number of aliphatic hydroxyl groups is 1. The topological polar surface area (TPSA) is 80.2 Å². The highest BCUT2D eigenvalue weighted by molar-refractivity contribution is 6.28. The zero-order chi connectivity index (χ0) is 14.4. The van der Waals surface area contributed by atoms with Crippen LogP contribution in [0.4, 0.5) is 5.95 Å². The van der Waals surface area contributed by atoms with Crippen molar-refractivity contribution < 1.29 is 9.84 Å². The second-order valence-electron chi connectivity index (χ2n) is 3.96. The van der Waals surface area contributed by atoms with Gasteiger partial charge in [0.1, 0.15) is 5.75 Å². The van der Waals surface area contributed by atoms with Crippen LogP contribution in [0.15, 0.2) is 24.3 Å². The summed E-state index contributed by atoms with van der Waals surface area (Å²) >= 11 is 5.81. The van der Waals surface area contributed by atoms with E-state index in [0.29, 0.717) is 24.7 Å². The number of aliphatic hydroxyl groups excluding tert-OH is 1. The fraction of sp³-hybridized carbons (Fsp3) is 0.308. The number of anilines is 1. The predicted molar refractivity (Wildman–Crippen MR) is 76.3 cm³/mol. The van der Waals surface area contributed by atoms with E-state index in [1.54, 1.807) is 12.1 Å². The van der Waals surface area contributed by atoms with E-state index in [1.807, 2.05) is 19.1 Å². The van der Waals surface area contributed by atoms with Crippen molar-refractivity contribution in [1.82, 2.24) is 15.0 Å². The molecule has 0 bridgehead atoms. The van der Waals surface area contributed by atoms with Gasteiger partial charge in [-0.1, -0.05) is 12.1 Å². The lowest BCUT2D eigenvalue weighted by molar-refractivity contribution is 0.299. The second-order valence-corrected chi connectivity index (χ2v) is 4.30. The third-order valence-corrected chi connectivity index (χ3v) is 2.62. The summed E-state index contributed by atoms with van der Waals surface area (Å²) in [4.78, 5) is 11.9. The predicted octanol–water partition coefficient (Wildman–Crippen LogP) is 2.28. The quantitative estimate of drug-likeness (QED) is 0.851. The summed E-state index contributed by atoms with van der Waals surface area (Å²) in [6.07, 6.45) is 0.614. The maximum atomic E-state index is 8.86. The summed E-state index contributed by atoms with van der Waals surface area (Å²) in [5, 5.41) is 11.9. The molecule has 106 valence electrons. The molecule has 0 radical (unpaired) electrons.